The minimum Gasteiger partial charge on any atom is -0.310 e. The lowest BCUT2D eigenvalue weighted by atomic mass is 10.2. The lowest BCUT2D eigenvalue weighted by molar-refractivity contribution is 0.516. The van der Waals surface area contributed by atoms with Crippen LogP contribution in [-0.4, -0.2) is 12.6 Å². The monoisotopic (exact) mass is 153 g/mol. The first-order chi connectivity index (χ1) is 5.24. The lowest BCUT2D eigenvalue weighted by Gasteiger charge is -2.12. The van der Waals surface area contributed by atoms with Gasteiger partial charge in [0.05, 0.1) is 0 Å². The Morgan fingerprint density at radius 2 is 2.27 bits per heavy atom. The van der Waals surface area contributed by atoms with E-state index in [9.17, 15) is 0 Å². The van der Waals surface area contributed by atoms with Crippen molar-refractivity contribution in [2.75, 3.05) is 6.54 Å². The fraction of sp³-hybridized carbons (Fsp3) is 0.800. The van der Waals surface area contributed by atoms with Crippen molar-refractivity contribution in [2.45, 2.75) is 39.2 Å². The molecule has 1 fully saturated rings. The number of hydrogen-bond donors (Lipinski definition) is 1. The van der Waals surface area contributed by atoms with E-state index < -0.39 is 0 Å². The Morgan fingerprint density at radius 3 is 2.73 bits per heavy atom. The maximum Gasteiger partial charge on any atom is 0.0164 e. The van der Waals surface area contributed by atoms with Gasteiger partial charge in [-0.25, -0.2) is 0 Å². The molecule has 0 spiro atoms. The minimum atomic E-state index is 0.707. The molecule has 0 aliphatic heterocycles. The first kappa shape index (κ1) is 8.79. The Labute approximate surface area is 69.9 Å². The van der Waals surface area contributed by atoms with Crippen LogP contribution in [0.4, 0.5) is 0 Å². The first-order valence-electron chi connectivity index (χ1n) is 4.64. The Morgan fingerprint density at radius 1 is 1.64 bits per heavy atom. The van der Waals surface area contributed by atoms with Crippen LogP contribution in [0.1, 0.15) is 33.1 Å². The van der Waals surface area contributed by atoms with Crippen molar-refractivity contribution in [2.24, 2.45) is 5.92 Å². The van der Waals surface area contributed by atoms with E-state index >= 15 is 0 Å². The summed E-state index contributed by atoms with van der Waals surface area (Å²) in [5.41, 5.74) is 1.32. The zero-order valence-electron chi connectivity index (χ0n) is 7.69. The molecular weight excluding hydrogens is 134 g/mol. The molecule has 0 aromatic rings. The van der Waals surface area contributed by atoms with Gasteiger partial charge in [0.2, 0.25) is 0 Å². The molecule has 1 rings (SSSR count). The van der Waals surface area contributed by atoms with Gasteiger partial charge in [0.15, 0.2) is 0 Å². The van der Waals surface area contributed by atoms with E-state index in [0.717, 1.165) is 18.9 Å². The van der Waals surface area contributed by atoms with Crippen LogP contribution in [0, 0.1) is 5.92 Å². The molecule has 0 aromatic carbocycles. The lowest BCUT2D eigenvalue weighted by Crippen LogP contribution is -2.29. The molecule has 0 aromatic heterocycles. The Bertz CT molecular complexity index is 136. The van der Waals surface area contributed by atoms with Gasteiger partial charge in [0.1, 0.15) is 0 Å². The van der Waals surface area contributed by atoms with Crippen molar-refractivity contribution in [3.8, 4) is 0 Å². The van der Waals surface area contributed by atoms with Crippen molar-refractivity contribution in [3.05, 3.63) is 12.2 Å². The number of nitrogens with one attached hydrogen (secondary N) is 1. The van der Waals surface area contributed by atoms with Crippen LogP contribution in [-0.2, 0) is 0 Å². The van der Waals surface area contributed by atoms with E-state index in [4.69, 9.17) is 0 Å². The molecule has 1 unspecified atom stereocenters. The van der Waals surface area contributed by atoms with Crippen molar-refractivity contribution < 1.29 is 0 Å². The SMILES string of the molecule is C=C(CC)CNC(C)C1CC1. The molecule has 1 atom stereocenters. The topological polar surface area (TPSA) is 12.0 Å². The van der Waals surface area contributed by atoms with E-state index in [-0.39, 0.29) is 0 Å². The molecule has 1 N–H and O–H groups in total. The predicted octanol–water partition coefficient (Wildman–Crippen LogP) is 2.34. The van der Waals surface area contributed by atoms with Gasteiger partial charge >= 0.3 is 0 Å². The number of rotatable bonds is 5. The second kappa shape index (κ2) is 3.91. The van der Waals surface area contributed by atoms with Crippen LogP contribution in [0.3, 0.4) is 0 Å². The van der Waals surface area contributed by atoms with Crippen LogP contribution in [0.5, 0.6) is 0 Å². The molecule has 64 valence electrons. The normalized spacial score (nSPS) is 19.8. The third-order valence-electron chi connectivity index (χ3n) is 2.50. The van der Waals surface area contributed by atoms with Gasteiger partial charge in [-0.1, -0.05) is 19.1 Å². The van der Waals surface area contributed by atoms with Crippen LogP contribution in [0.15, 0.2) is 12.2 Å². The minimum absolute atomic E-state index is 0.707. The standard InChI is InChI=1S/C10H19N/c1-4-8(2)7-11-9(3)10-5-6-10/h9-11H,2,4-7H2,1,3H3. The summed E-state index contributed by atoms with van der Waals surface area (Å²) < 4.78 is 0. The van der Waals surface area contributed by atoms with Crippen molar-refractivity contribution in [1.82, 2.24) is 5.32 Å². The van der Waals surface area contributed by atoms with E-state index in [1.54, 1.807) is 0 Å². The summed E-state index contributed by atoms with van der Waals surface area (Å²) >= 11 is 0. The summed E-state index contributed by atoms with van der Waals surface area (Å²) in [6, 6.07) is 0.707. The van der Waals surface area contributed by atoms with Crippen LogP contribution in [0.2, 0.25) is 0 Å². The molecule has 1 nitrogen and oxygen atoms in total. The van der Waals surface area contributed by atoms with Crippen LogP contribution >= 0.6 is 0 Å². The molecule has 1 saturated carbocycles. The average molecular weight is 153 g/mol. The van der Waals surface area contributed by atoms with Gasteiger partial charge in [0, 0.05) is 12.6 Å². The van der Waals surface area contributed by atoms with E-state index in [0.29, 0.717) is 6.04 Å². The van der Waals surface area contributed by atoms with Crippen molar-refractivity contribution >= 4 is 0 Å². The summed E-state index contributed by atoms with van der Waals surface area (Å²) in [5, 5.41) is 3.50. The highest BCUT2D eigenvalue weighted by molar-refractivity contribution is 4.96. The Kier molecular flexibility index (Phi) is 3.13. The van der Waals surface area contributed by atoms with Gasteiger partial charge in [-0.2, -0.15) is 0 Å². The third kappa shape index (κ3) is 3.06. The molecule has 1 aliphatic rings. The van der Waals surface area contributed by atoms with Gasteiger partial charge < -0.3 is 5.32 Å². The van der Waals surface area contributed by atoms with E-state index in [1.165, 1.54) is 18.4 Å². The molecule has 11 heavy (non-hydrogen) atoms. The average Bonchev–Trinajstić information content (AvgIpc) is 2.81. The quantitative estimate of drug-likeness (QED) is 0.598. The summed E-state index contributed by atoms with van der Waals surface area (Å²) in [6.07, 6.45) is 3.95. The van der Waals surface area contributed by atoms with Crippen molar-refractivity contribution in [3.63, 3.8) is 0 Å². The second-order valence-corrected chi connectivity index (χ2v) is 3.61. The zero-order chi connectivity index (χ0) is 8.27. The summed E-state index contributed by atoms with van der Waals surface area (Å²) in [6.45, 7) is 9.41. The summed E-state index contributed by atoms with van der Waals surface area (Å²) in [4.78, 5) is 0. The van der Waals surface area contributed by atoms with E-state index in [2.05, 4.69) is 25.7 Å². The first-order valence-corrected chi connectivity index (χ1v) is 4.64. The second-order valence-electron chi connectivity index (χ2n) is 3.61. The molecular formula is C10H19N. The third-order valence-corrected chi connectivity index (χ3v) is 2.50. The largest absolute Gasteiger partial charge is 0.310 e. The molecule has 0 radical (unpaired) electrons. The summed E-state index contributed by atoms with van der Waals surface area (Å²) in [5.74, 6) is 0.958. The smallest absolute Gasteiger partial charge is 0.0164 e. The highest BCUT2D eigenvalue weighted by Gasteiger charge is 2.27. The maximum atomic E-state index is 3.96. The molecule has 0 bridgehead atoms. The molecule has 0 heterocycles. The molecule has 1 aliphatic carbocycles. The van der Waals surface area contributed by atoms with E-state index in [1.807, 2.05) is 0 Å². The van der Waals surface area contributed by atoms with Gasteiger partial charge in [-0.15, -0.1) is 0 Å². The highest BCUT2D eigenvalue weighted by Crippen LogP contribution is 2.32. The highest BCUT2D eigenvalue weighted by atomic mass is 14.9. The van der Waals surface area contributed by atoms with Crippen LogP contribution in [0.25, 0.3) is 0 Å². The maximum absolute atomic E-state index is 3.96. The fourth-order valence-electron chi connectivity index (χ4n) is 1.19. The van der Waals surface area contributed by atoms with Gasteiger partial charge in [-0.3, -0.25) is 0 Å². The Balaban J connectivity index is 2.05. The number of hydrogen-bond acceptors (Lipinski definition) is 1. The fourth-order valence-corrected chi connectivity index (χ4v) is 1.19. The predicted molar refractivity (Wildman–Crippen MR) is 49.6 cm³/mol. The van der Waals surface area contributed by atoms with Crippen molar-refractivity contribution in [1.29, 1.82) is 0 Å². The Hall–Kier alpha value is -0.300. The summed E-state index contributed by atoms with van der Waals surface area (Å²) in [7, 11) is 0. The van der Waals surface area contributed by atoms with Crippen LogP contribution < -0.4 is 5.32 Å². The molecule has 0 saturated heterocycles. The van der Waals surface area contributed by atoms with Gasteiger partial charge in [0.25, 0.3) is 0 Å². The zero-order valence-corrected chi connectivity index (χ0v) is 7.69. The van der Waals surface area contributed by atoms with Gasteiger partial charge in [-0.05, 0) is 32.1 Å². The molecule has 1 heteroatoms. The molecule has 0 amide bonds.